The Kier molecular flexibility index (Phi) is 6.64. The van der Waals surface area contributed by atoms with Crippen LogP contribution in [0.3, 0.4) is 0 Å². The summed E-state index contributed by atoms with van der Waals surface area (Å²) in [6.45, 7) is 3.85. The number of thiophene rings is 1. The standard InChI is InChI=1S/C12H21NOS/c1-2-3-7-14-8-6-11(13)10-12-5-4-9-15-12/h4-5,9,11H,2-3,6-8,10,13H2,1H3. The van der Waals surface area contributed by atoms with E-state index in [1.54, 1.807) is 11.3 Å². The van der Waals surface area contributed by atoms with E-state index in [9.17, 15) is 0 Å². The van der Waals surface area contributed by atoms with Gasteiger partial charge in [0.1, 0.15) is 0 Å². The summed E-state index contributed by atoms with van der Waals surface area (Å²) in [5, 5.41) is 2.10. The quantitative estimate of drug-likeness (QED) is 0.693. The number of hydrogen-bond donors (Lipinski definition) is 1. The molecule has 1 aromatic rings. The molecular weight excluding hydrogens is 206 g/mol. The Labute approximate surface area is 96.4 Å². The fourth-order valence-corrected chi connectivity index (χ4v) is 2.17. The van der Waals surface area contributed by atoms with Crippen LogP contribution in [-0.2, 0) is 11.2 Å². The van der Waals surface area contributed by atoms with E-state index in [0.717, 1.165) is 32.5 Å². The van der Waals surface area contributed by atoms with E-state index in [0.29, 0.717) is 0 Å². The topological polar surface area (TPSA) is 35.2 Å². The minimum atomic E-state index is 0.241. The van der Waals surface area contributed by atoms with Crippen molar-refractivity contribution in [1.82, 2.24) is 0 Å². The first kappa shape index (κ1) is 12.7. The third-order valence-electron chi connectivity index (χ3n) is 2.32. The summed E-state index contributed by atoms with van der Waals surface area (Å²) < 4.78 is 5.49. The van der Waals surface area contributed by atoms with Crippen LogP contribution in [-0.4, -0.2) is 19.3 Å². The van der Waals surface area contributed by atoms with Gasteiger partial charge in [-0.15, -0.1) is 11.3 Å². The fraction of sp³-hybridized carbons (Fsp3) is 0.667. The summed E-state index contributed by atoms with van der Waals surface area (Å²) in [5.74, 6) is 0. The lowest BCUT2D eigenvalue weighted by Gasteiger charge is -2.10. The molecule has 0 amide bonds. The van der Waals surface area contributed by atoms with E-state index in [2.05, 4.69) is 24.4 Å². The molecule has 2 N–H and O–H groups in total. The monoisotopic (exact) mass is 227 g/mol. The van der Waals surface area contributed by atoms with E-state index >= 15 is 0 Å². The van der Waals surface area contributed by atoms with Crippen LogP contribution in [0.15, 0.2) is 17.5 Å². The molecule has 0 aliphatic rings. The molecule has 0 saturated heterocycles. The second-order valence-electron chi connectivity index (χ2n) is 3.80. The third-order valence-corrected chi connectivity index (χ3v) is 3.22. The molecule has 0 bridgehead atoms. The largest absolute Gasteiger partial charge is 0.381 e. The number of ether oxygens (including phenoxy) is 1. The van der Waals surface area contributed by atoms with Gasteiger partial charge >= 0.3 is 0 Å². The van der Waals surface area contributed by atoms with Crippen molar-refractivity contribution >= 4 is 11.3 Å². The second kappa shape index (κ2) is 7.85. The van der Waals surface area contributed by atoms with Crippen molar-refractivity contribution in [2.24, 2.45) is 5.73 Å². The fourth-order valence-electron chi connectivity index (χ4n) is 1.37. The van der Waals surface area contributed by atoms with Crippen LogP contribution in [0.5, 0.6) is 0 Å². The molecule has 3 heteroatoms. The number of unbranched alkanes of at least 4 members (excludes halogenated alkanes) is 1. The normalized spacial score (nSPS) is 12.9. The van der Waals surface area contributed by atoms with Gasteiger partial charge in [0.2, 0.25) is 0 Å². The van der Waals surface area contributed by atoms with Crippen LogP contribution < -0.4 is 5.73 Å². The molecule has 0 fully saturated rings. The van der Waals surface area contributed by atoms with Crippen molar-refractivity contribution < 1.29 is 4.74 Å². The lowest BCUT2D eigenvalue weighted by molar-refractivity contribution is 0.124. The predicted molar refractivity (Wildman–Crippen MR) is 66.3 cm³/mol. The van der Waals surface area contributed by atoms with E-state index in [1.807, 2.05) is 0 Å². The predicted octanol–water partition coefficient (Wildman–Crippen LogP) is 2.82. The molecule has 0 aromatic carbocycles. The summed E-state index contributed by atoms with van der Waals surface area (Å²) in [5.41, 5.74) is 6.01. The minimum absolute atomic E-state index is 0.241. The lowest BCUT2D eigenvalue weighted by Crippen LogP contribution is -2.24. The highest BCUT2D eigenvalue weighted by molar-refractivity contribution is 7.09. The Morgan fingerprint density at radius 3 is 3.00 bits per heavy atom. The first-order valence-electron chi connectivity index (χ1n) is 5.68. The number of rotatable bonds is 8. The van der Waals surface area contributed by atoms with Gasteiger partial charge in [-0.25, -0.2) is 0 Å². The lowest BCUT2D eigenvalue weighted by atomic mass is 10.1. The molecule has 0 aliphatic carbocycles. The van der Waals surface area contributed by atoms with Crippen molar-refractivity contribution in [2.45, 2.75) is 38.6 Å². The third kappa shape index (κ3) is 5.92. The molecule has 1 heterocycles. The Morgan fingerprint density at radius 2 is 2.33 bits per heavy atom. The molecule has 86 valence electrons. The van der Waals surface area contributed by atoms with E-state index in [-0.39, 0.29) is 6.04 Å². The van der Waals surface area contributed by atoms with Crippen molar-refractivity contribution in [3.05, 3.63) is 22.4 Å². The molecule has 1 aromatic heterocycles. The van der Waals surface area contributed by atoms with Crippen LogP contribution in [0.1, 0.15) is 31.1 Å². The molecule has 1 atom stereocenters. The Balaban J connectivity index is 2.01. The SMILES string of the molecule is CCCCOCCC(N)Cc1cccs1. The molecule has 15 heavy (non-hydrogen) atoms. The van der Waals surface area contributed by atoms with Gasteiger partial charge in [-0.05, 0) is 30.7 Å². The highest BCUT2D eigenvalue weighted by Crippen LogP contribution is 2.11. The first-order valence-corrected chi connectivity index (χ1v) is 6.56. The smallest absolute Gasteiger partial charge is 0.0480 e. The average molecular weight is 227 g/mol. The second-order valence-corrected chi connectivity index (χ2v) is 4.83. The molecule has 0 aliphatic heterocycles. The summed E-state index contributed by atoms with van der Waals surface area (Å²) >= 11 is 1.78. The van der Waals surface area contributed by atoms with Crippen molar-refractivity contribution in [2.75, 3.05) is 13.2 Å². The van der Waals surface area contributed by atoms with Gasteiger partial charge in [-0.2, -0.15) is 0 Å². The van der Waals surface area contributed by atoms with Gasteiger partial charge in [0, 0.05) is 24.1 Å². The summed E-state index contributed by atoms with van der Waals surface area (Å²) in [4.78, 5) is 1.37. The summed E-state index contributed by atoms with van der Waals surface area (Å²) in [7, 11) is 0. The van der Waals surface area contributed by atoms with E-state index < -0.39 is 0 Å². The maximum Gasteiger partial charge on any atom is 0.0480 e. The highest BCUT2D eigenvalue weighted by Gasteiger charge is 2.04. The van der Waals surface area contributed by atoms with Crippen LogP contribution in [0.4, 0.5) is 0 Å². The van der Waals surface area contributed by atoms with Gasteiger partial charge in [-0.3, -0.25) is 0 Å². The summed E-state index contributed by atoms with van der Waals surface area (Å²) in [6, 6.07) is 4.46. The van der Waals surface area contributed by atoms with Gasteiger partial charge in [0.25, 0.3) is 0 Å². The van der Waals surface area contributed by atoms with E-state index in [4.69, 9.17) is 10.5 Å². The minimum Gasteiger partial charge on any atom is -0.381 e. The van der Waals surface area contributed by atoms with Crippen LogP contribution in [0.2, 0.25) is 0 Å². The van der Waals surface area contributed by atoms with Crippen LogP contribution >= 0.6 is 11.3 Å². The molecule has 0 radical (unpaired) electrons. The average Bonchev–Trinajstić information content (AvgIpc) is 2.70. The molecule has 2 nitrogen and oxygen atoms in total. The van der Waals surface area contributed by atoms with Crippen molar-refractivity contribution in [3.8, 4) is 0 Å². The molecular formula is C12H21NOS. The highest BCUT2D eigenvalue weighted by atomic mass is 32.1. The van der Waals surface area contributed by atoms with Crippen LogP contribution in [0, 0.1) is 0 Å². The van der Waals surface area contributed by atoms with Gasteiger partial charge in [0.15, 0.2) is 0 Å². The Hall–Kier alpha value is -0.380. The number of nitrogens with two attached hydrogens (primary N) is 1. The van der Waals surface area contributed by atoms with Gasteiger partial charge in [-0.1, -0.05) is 19.4 Å². The zero-order valence-electron chi connectivity index (χ0n) is 9.45. The maximum absolute atomic E-state index is 6.01. The molecule has 1 unspecified atom stereocenters. The van der Waals surface area contributed by atoms with E-state index in [1.165, 1.54) is 11.3 Å². The van der Waals surface area contributed by atoms with Gasteiger partial charge in [0.05, 0.1) is 0 Å². The number of hydrogen-bond acceptors (Lipinski definition) is 3. The summed E-state index contributed by atoms with van der Waals surface area (Å²) in [6.07, 6.45) is 4.29. The first-order chi connectivity index (χ1) is 7.33. The van der Waals surface area contributed by atoms with Gasteiger partial charge < -0.3 is 10.5 Å². The Morgan fingerprint density at radius 1 is 1.47 bits per heavy atom. The van der Waals surface area contributed by atoms with Crippen molar-refractivity contribution in [1.29, 1.82) is 0 Å². The molecule has 0 saturated carbocycles. The Bertz CT molecular complexity index is 236. The van der Waals surface area contributed by atoms with Crippen LogP contribution in [0.25, 0.3) is 0 Å². The maximum atomic E-state index is 6.01. The van der Waals surface area contributed by atoms with Crippen molar-refractivity contribution in [3.63, 3.8) is 0 Å². The zero-order valence-corrected chi connectivity index (χ0v) is 10.3. The zero-order chi connectivity index (χ0) is 10.9. The molecule has 1 rings (SSSR count). The molecule has 0 spiro atoms.